The van der Waals surface area contributed by atoms with Gasteiger partial charge in [-0.05, 0) is 70.1 Å². The number of hydrogen-bond donors (Lipinski definition) is 0. The topological polar surface area (TPSA) is 51.8 Å². The molecule has 7 aromatic carbocycles. The summed E-state index contributed by atoms with van der Waals surface area (Å²) in [6.45, 7) is 0. The van der Waals surface area contributed by atoms with Gasteiger partial charge in [0.15, 0.2) is 11.6 Å². The summed E-state index contributed by atoms with van der Waals surface area (Å²) >= 11 is 1.85. The van der Waals surface area contributed by atoms with Crippen molar-refractivity contribution in [2.75, 3.05) is 0 Å². The first-order valence-electron chi connectivity index (χ1n) is 19.0. The van der Waals surface area contributed by atoms with E-state index in [1.807, 2.05) is 47.7 Å². The number of nitrogens with zero attached hydrogens (tertiary/aromatic N) is 3. The van der Waals surface area contributed by atoms with Gasteiger partial charge in [-0.25, -0.2) is 15.0 Å². The highest BCUT2D eigenvalue weighted by Gasteiger charge is 2.22. The number of benzene rings is 7. The molecule has 0 spiro atoms. The first kappa shape index (κ1) is 32.5. The van der Waals surface area contributed by atoms with Crippen molar-refractivity contribution in [1.29, 1.82) is 0 Å². The van der Waals surface area contributed by atoms with Crippen LogP contribution in [-0.4, -0.2) is 15.0 Å². The van der Waals surface area contributed by atoms with Crippen LogP contribution in [0.5, 0.6) is 0 Å². The molecule has 1 aliphatic carbocycles. The van der Waals surface area contributed by atoms with Crippen LogP contribution in [0.2, 0.25) is 0 Å². The predicted molar refractivity (Wildman–Crippen MR) is 233 cm³/mol. The van der Waals surface area contributed by atoms with Gasteiger partial charge in [0.2, 0.25) is 0 Å². The maximum Gasteiger partial charge on any atom is 0.163 e. The number of thiophene rings is 1. The van der Waals surface area contributed by atoms with Crippen LogP contribution >= 0.6 is 11.3 Å². The minimum Gasteiger partial charge on any atom is -0.456 e. The lowest BCUT2D eigenvalue weighted by molar-refractivity contribution is 0.669. The lowest BCUT2D eigenvalue weighted by Crippen LogP contribution is -2.08. The molecule has 0 bridgehead atoms. The van der Waals surface area contributed by atoms with Gasteiger partial charge in [-0.2, -0.15) is 0 Å². The third kappa shape index (κ3) is 5.55. The smallest absolute Gasteiger partial charge is 0.163 e. The lowest BCUT2D eigenvalue weighted by Gasteiger charge is -2.18. The van der Waals surface area contributed by atoms with Crippen LogP contribution in [0.1, 0.15) is 23.7 Å². The van der Waals surface area contributed by atoms with Gasteiger partial charge in [-0.3, -0.25) is 0 Å². The van der Waals surface area contributed by atoms with Crippen LogP contribution in [0.25, 0.3) is 92.7 Å². The molecule has 56 heavy (non-hydrogen) atoms. The van der Waals surface area contributed by atoms with Crippen LogP contribution in [0, 0.1) is 0 Å². The van der Waals surface area contributed by atoms with Crippen LogP contribution in [-0.2, 0) is 0 Å². The Morgan fingerprint density at radius 3 is 1.95 bits per heavy atom. The molecule has 0 saturated carbocycles. The maximum absolute atomic E-state index is 6.69. The molecule has 5 heteroatoms. The summed E-state index contributed by atoms with van der Waals surface area (Å²) in [4.78, 5) is 15.0. The second-order valence-electron chi connectivity index (χ2n) is 14.3. The summed E-state index contributed by atoms with van der Waals surface area (Å²) in [6.07, 6.45) is 7.58. The quantitative estimate of drug-likeness (QED) is 0.171. The molecular formula is C51H33N3OS. The van der Waals surface area contributed by atoms with Gasteiger partial charge in [0.1, 0.15) is 17.0 Å². The molecule has 1 atom stereocenters. The highest BCUT2D eigenvalue weighted by molar-refractivity contribution is 7.26. The van der Waals surface area contributed by atoms with Gasteiger partial charge in [0.05, 0.1) is 0 Å². The molecule has 4 nitrogen and oxygen atoms in total. The average molecular weight is 736 g/mol. The molecule has 3 heterocycles. The minimum atomic E-state index is -0.0255. The van der Waals surface area contributed by atoms with Gasteiger partial charge < -0.3 is 4.42 Å². The van der Waals surface area contributed by atoms with Crippen molar-refractivity contribution in [3.63, 3.8) is 0 Å². The maximum atomic E-state index is 6.69. The van der Waals surface area contributed by atoms with Crippen molar-refractivity contribution in [3.8, 4) is 45.0 Å². The molecule has 0 N–H and O–H groups in total. The van der Waals surface area contributed by atoms with E-state index in [-0.39, 0.29) is 5.92 Å². The zero-order valence-electron chi connectivity index (χ0n) is 30.3. The predicted octanol–water partition coefficient (Wildman–Crippen LogP) is 13.9. The van der Waals surface area contributed by atoms with Gasteiger partial charge in [0, 0.05) is 48.0 Å². The zero-order chi connectivity index (χ0) is 37.0. The highest BCUT2D eigenvalue weighted by atomic mass is 32.1. The number of rotatable bonds is 6. The SMILES string of the molecule is C1=CC(c2cccc3oc4cc(-c5ccc6sc7ccccc7c6c5-c5ccccc5)ccc4c23)=CC(c2nc(-c3ccccc3)nc(-c3ccccc3)n2)C1. The Hall–Kier alpha value is -6.95. The van der Waals surface area contributed by atoms with Crippen molar-refractivity contribution in [3.05, 3.63) is 193 Å². The standard InChI is InChI=1S/C51H33N3OS/c1-4-14-32(15-5-1)46-39(28-29-45-48(46)41-22-10-11-25-44(41)56-45)36-26-27-40-43(31-36)55-42-24-13-23-38(47(40)42)35-20-12-21-37(30-35)51-53-49(33-16-6-2-7-17-33)52-50(54-51)34-18-8-3-9-19-34/h1-20,22-31,37H,21H2. The van der Waals surface area contributed by atoms with E-state index in [1.165, 1.54) is 36.9 Å². The normalized spacial score (nSPS) is 14.2. The van der Waals surface area contributed by atoms with E-state index in [1.54, 1.807) is 0 Å². The summed E-state index contributed by atoms with van der Waals surface area (Å²) in [5, 5.41) is 4.80. The van der Waals surface area contributed by atoms with Gasteiger partial charge >= 0.3 is 0 Å². The Labute approximate surface area is 327 Å². The number of aromatic nitrogens is 3. The first-order chi connectivity index (χ1) is 27.7. The second kappa shape index (κ2) is 13.4. The largest absolute Gasteiger partial charge is 0.456 e. The molecule has 0 amide bonds. The van der Waals surface area contributed by atoms with Crippen molar-refractivity contribution in [2.24, 2.45) is 0 Å². The van der Waals surface area contributed by atoms with E-state index < -0.39 is 0 Å². The minimum absolute atomic E-state index is 0.0255. The molecule has 1 aliphatic rings. The molecular weight excluding hydrogens is 703 g/mol. The zero-order valence-corrected chi connectivity index (χ0v) is 31.1. The van der Waals surface area contributed by atoms with Crippen molar-refractivity contribution in [1.82, 2.24) is 15.0 Å². The molecule has 264 valence electrons. The number of furan rings is 1. The van der Waals surface area contributed by atoms with E-state index in [4.69, 9.17) is 19.4 Å². The van der Waals surface area contributed by atoms with Crippen molar-refractivity contribution < 1.29 is 4.42 Å². The third-order valence-electron chi connectivity index (χ3n) is 10.8. The summed E-state index contributed by atoms with van der Waals surface area (Å²) in [7, 11) is 0. The Bertz CT molecular complexity index is 3100. The molecule has 0 fully saturated rings. The fraction of sp³-hybridized carbons (Fsp3) is 0.0392. The fourth-order valence-corrected chi connectivity index (χ4v) is 9.34. The van der Waals surface area contributed by atoms with Crippen molar-refractivity contribution >= 4 is 59.0 Å². The fourth-order valence-electron chi connectivity index (χ4n) is 8.23. The molecule has 11 rings (SSSR count). The molecule has 10 aromatic rings. The highest BCUT2D eigenvalue weighted by Crippen LogP contribution is 2.46. The number of fused-ring (bicyclic) bond motifs is 6. The lowest BCUT2D eigenvalue weighted by atomic mass is 9.89. The van der Waals surface area contributed by atoms with Crippen molar-refractivity contribution in [2.45, 2.75) is 12.3 Å². The van der Waals surface area contributed by atoms with Crippen LogP contribution < -0.4 is 0 Å². The van der Waals surface area contributed by atoms with Gasteiger partial charge in [-0.15, -0.1) is 11.3 Å². The summed E-state index contributed by atoms with van der Waals surface area (Å²) in [5.74, 6) is 2.10. The molecule has 0 radical (unpaired) electrons. The Balaban J connectivity index is 1.03. The molecule has 0 saturated heterocycles. The van der Waals surface area contributed by atoms with Gasteiger partial charge in [0.25, 0.3) is 0 Å². The third-order valence-corrected chi connectivity index (χ3v) is 12.0. The van der Waals surface area contributed by atoms with Gasteiger partial charge in [-0.1, -0.05) is 152 Å². The Morgan fingerprint density at radius 1 is 0.500 bits per heavy atom. The van der Waals surface area contributed by atoms with E-state index in [0.29, 0.717) is 11.6 Å². The average Bonchev–Trinajstić information content (AvgIpc) is 3.85. The number of allylic oxidation sites excluding steroid dienone is 4. The van der Waals surface area contributed by atoms with E-state index in [0.717, 1.165) is 62.0 Å². The first-order valence-corrected chi connectivity index (χ1v) is 19.8. The van der Waals surface area contributed by atoms with E-state index in [9.17, 15) is 0 Å². The Morgan fingerprint density at radius 2 is 1.20 bits per heavy atom. The van der Waals surface area contributed by atoms with E-state index >= 15 is 0 Å². The van der Waals surface area contributed by atoms with E-state index in [2.05, 4.69) is 146 Å². The second-order valence-corrected chi connectivity index (χ2v) is 15.3. The molecule has 3 aromatic heterocycles. The summed E-state index contributed by atoms with van der Waals surface area (Å²) < 4.78 is 9.29. The monoisotopic (exact) mass is 735 g/mol. The van der Waals surface area contributed by atoms with Crippen LogP contribution in [0.3, 0.4) is 0 Å². The van der Waals surface area contributed by atoms with Crippen LogP contribution in [0.4, 0.5) is 0 Å². The molecule has 0 aliphatic heterocycles. The molecule has 1 unspecified atom stereocenters. The van der Waals surface area contributed by atoms with Crippen LogP contribution in [0.15, 0.2) is 186 Å². The summed E-state index contributed by atoms with van der Waals surface area (Å²) in [6, 6.07) is 57.5. The Kier molecular flexibility index (Phi) is 7.78. The summed E-state index contributed by atoms with van der Waals surface area (Å²) in [5.41, 5.74) is 10.7. The number of hydrogen-bond acceptors (Lipinski definition) is 5.